The maximum absolute atomic E-state index is 12.4. The zero-order chi connectivity index (χ0) is 26.6. The molecule has 0 spiro atoms. The SMILES string of the molecule is Cc1ccc(C(=O)OOC(CCCCCOC(=O)O)(OOC(=O)c2ccc(C)cc2)OC(=O)O)cc1. The summed E-state index contributed by atoms with van der Waals surface area (Å²) < 4.78 is 9.09. The van der Waals surface area contributed by atoms with Gasteiger partial charge in [-0.1, -0.05) is 35.4 Å². The quantitative estimate of drug-likeness (QED) is 0.126. The number of benzene rings is 2. The molecule has 0 unspecified atom stereocenters. The zero-order valence-corrected chi connectivity index (χ0v) is 19.6. The Bertz CT molecular complexity index is 969. The molecule has 2 aromatic carbocycles. The monoisotopic (exact) mass is 506 g/mol. The predicted molar refractivity (Wildman–Crippen MR) is 120 cm³/mol. The van der Waals surface area contributed by atoms with Gasteiger partial charge in [-0.15, -0.1) is 9.78 Å². The fourth-order valence-electron chi connectivity index (χ4n) is 2.77. The van der Waals surface area contributed by atoms with E-state index >= 15 is 0 Å². The molecule has 2 N–H and O–H groups in total. The molecule has 0 radical (unpaired) electrons. The van der Waals surface area contributed by atoms with Gasteiger partial charge in [-0.05, 0) is 57.4 Å². The molecule has 0 heterocycles. The third-order valence-corrected chi connectivity index (χ3v) is 4.66. The number of rotatable bonds is 13. The zero-order valence-electron chi connectivity index (χ0n) is 19.6. The number of carboxylic acid groups (broad SMARTS) is 2. The van der Waals surface area contributed by atoms with Crippen molar-refractivity contribution in [1.29, 1.82) is 0 Å². The molecule has 36 heavy (non-hydrogen) atoms. The van der Waals surface area contributed by atoms with Crippen molar-refractivity contribution in [1.82, 2.24) is 0 Å². The van der Waals surface area contributed by atoms with Crippen molar-refractivity contribution in [2.24, 2.45) is 0 Å². The molecule has 0 aliphatic carbocycles. The van der Waals surface area contributed by atoms with E-state index in [1.165, 1.54) is 24.3 Å². The molecule has 2 aromatic rings. The van der Waals surface area contributed by atoms with Crippen LogP contribution in [-0.4, -0.2) is 47.0 Å². The van der Waals surface area contributed by atoms with Crippen LogP contribution in [0, 0.1) is 13.8 Å². The lowest BCUT2D eigenvalue weighted by Crippen LogP contribution is -2.42. The summed E-state index contributed by atoms with van der Waals surface area (Å²) in [6.07, 6.45) is -3.00. The van der Waals surface area contributed by atoms with Crippen molar-refractivity contribution in [3.63, 3.8) is 0 Å². The summed E-state index contributed by atoms with van der Waals surface area (Å²) in [4.78, 5) is 66.0. The highest BCUT2D eigenvalue weighted by atomic mass is 17.4. The molecule has 0 aliphatic heterocycles. The normalized spacial score (nSPS) is 10.8. The maximum Gasteiger partial charge on any atom is 0.510 e. The lowest BCUT2D eigenvalue weighted by molar-refractivity contribution is -0.540. The van der Waals surface area contributed by atoms with Crippen molar-refractivity contribution in [2.45, 2.75) is 45.5 Å². The molecule has 194 valence electrons. The van der Waals surface area contributed by atoms with Crippen LogP contribution in [0.1, 0.15) is 57.5 Å². The van der Waals surface area contributed by atoms with Gasteiger partial charge < -0.3 is 19.7 Å². The number of aryl methyl sites for hydroxylation is 2. The number of unbranched alkanes of at least 4 members (excludes halogenated alkanes) is 2. The van der Waals surface area contributed by atoms with Gasteiger partial charge in [-0.2, -0.15) is 0 Å². The van der Waals surface area contributed by atoms with Gasteiger partial charge >= 0.3 is 30.2 Å². The third kappa shape index (κ3) is 9.60. The number of carbonyl (C=O) groups is 4. The summed E-state index contributed by atoms with van der Waals surface area (Å²) >= 11 is 0. The Hall–Kier alpha value is -4.16. The Morgan fingerprint density at radius 3 is 1.58 bits per heavy atom. The fourth-order valence-corrected chi connectivity index (χ4v) is 2.77. The van der Waals surface area contributed by atoms with Crippen LogP contribution in [0.5, 0.6) is 0 Å². The van der Waals surface area contributed by atoms with E-state index in [2.05, 4.69) is 9.47 Å². The summed E-state index contributed by atoms with van der Waals surface area (Å²) in [6.45, 7) is 3.53. The van der Waals surface area contributed by atoms with Crippen molar-refractivity contribution < 1.29 is 58.4 Å². The van der Waals surface area contributed by atoms with E-state index in [0.717, 1.165) is 11.1 Å². The number of ether oxygens (including phenoxy) is 2. The summed E-state index contributed by atoms with van der Waals surface area (Å²) in [5, 5.41) is 17.7. The standard InChI is InChI=1S/C24H26O12/c1-16-6-10-18(11-7-16)20(25)33-35-24(32-23(29)30,14-4-3-5-15-31-22(27)28)36-34-21(26)19-12-8-17(2)9-13-19/h6-13H,3-5,14-15H2,1-2H3,(H,27,28)(H,29,30). The smallest absolute Gasteiger partial charge is 0.450 e. The van der Waals surface area contributed by atoms with Gasteiger partial charge in [0.2, 0.25) is 0 Å². The van der Waals surface area contributed by atoms with E-state index in [9.17, 15) is 24.3 Å². The Balaban J connectivity index is 2.13. The Morgan fingerprint density at radius 2 is 1.17 bits per heavy atom. The van der Waals surface area contributed by atoms with Gasteiger partial charge in [-0.25, -0.2) is 19.2 Å². The second-order valence-corrected chi connectivity index (χ2v) is 7.62. The van der Waals surface area contributed by atoms with Gasteiger partial charge in [0, 0.05) is 6.42 Å². The lowest BCUT2D eigenvalue weighted by atomic mass is 10.1. The highest BCUT2D eigenvalue weighted by molar-refractivity contribution is 5.89. The number of hydrogen-bond donors (Lipinski definition) is 2. The van der Waals surface area contributed by atoms with Crippen LogP contribution < -0.4 is 0 Å². The van der Waals surface area contributed by atoms with Crippen LogP contribution in [0.2, 0.25) is 0 Å². The van der Waals surface area contributed by atoms with E-state index in [1.54, 1.807) is 24.3 Å². The Labute approximate surface area is 206 Å². The molecule has 0 fully saturated rings. The van der Waals surface area contributed by atoms with E-state index in [0.29, 0.717) is 6.42 Å². The predicted octanol–water partition coefficient (Wildman–Crippen LogP) is 4.78. The summed E-state index contributed by atoms with van der Waals surface area (Å²) in [6, 6.07) is 12.4. The average Bonchev–Trinajstić information content (AvgIpc) is 2.83. The largest absolute Gasteiger partial charge is 0.510 e. The minimum absolute atomic E-state index is 0.0901. The third-order valence-electron chi connectivity index (χ3n) is 4.66. The molecule has 0 amide bonds. The topological polar surface area (TPSA) is 164 Å². The van der Waals surface area contributed by atoms with Gasteiger partial charge in [0.05, 0.1) is 17.7 Å². The van der Waals surface area contributed by atoms with E-state index in [4.69, 9.17) is 24.7 Å². The van der Waals surface area contributed by atoms with Crippen LogP contribution in [0.4, 0.5) is 9.59 Å². The molecule has 12 nitrogen and oxygen atoms in total. The van der Waals surface area contributed by atoms with Gasteiger partial charge in [0.1, 0.15) is 0 Å². The first-order valence-corrected chi connectivity index (χ1v) is 10.8. The number of hydrogen-bond acceptors (Lipinski definition) is 10. The molecule has 2 rings (SSSR count). The van der Waals surface area contributed by atoms with E-state index in [1.807, 2.05) is 13.8 Å². The van der Waals surface area contributed by atoms with E-state index < -0.39 is 36.6 Å². The molecule has 0 saturated heterocycles. The molecule has 0 saturated carbocycles. The van der Waals surface area contributed by atoms with Gasteiger partial charge in [-0.3, -0.25) is 9.78 Å². The van der Waals surface area contributed by atoms with Crippen molar-refractivity contribution in [3.05, 3.63) is 70.8 Å². The average molecular weight is 506 g/mol. The van der Waals surface area contributed by atoms with Crippen LogP contribution >= 0.6 is 0 Å². The van der Waals surface area contributed by atoms with Crippen LogP contribution in [0.25, 0.3) is 0 Å². The first-order chi connectivity index (χ1) is 17.1. The molecule has 0 aliphatic rings. The highest BCUT2D eigenvalue weighted by Crippen LogP contribution is 2.26. The van der Waals surface area contributed by atoms with Gasteiger partial charge in [0.25, 0.3) is 0 Å². The van der Waals surface area contributed by atoms with Crippen LogP contribution in [0.3, 0.4) is 0 Å². The minimum atomic E-state index is -2.67. The van der Waals surface area contributed by atoms with Crippen molar-refractivity contribution in [2.75, 3.05) is 6.61 Å². The van der Waals surface area contributed by atoms with Crippen molar-refractivity contribution >= 4 is 24.2 Å². The van der Waals surface area contributed by atoms with Crippen LogP contribution in [-0.2, 0) is 29.0 Å². The van der Waals surface area contributed by atoms with Crippen molar-refractivity contribution in [3.8, 4) is 0 Å². The molecular formula is C24H26O12. The molecular weight excluding hydrogens is 480 g/mol. The molecule has 0 atom stereocenters. The van der Waals surface area contributed by atoms with E-state index in [-0.39, 0.29) is 30.6 Å². The molecule has 0 aromatic heterocycles. The minimum Gasteiger partial charge on any atom is -0.450 e. The van der Waals surface area contributed by atoms with Gasteiger partial charge in [0.15, 0.2) is 0 Å². The summed E-state index contributed by atoms with van der Waals surface area (Å²) in [5.41, 5.74) is 1.95. The first-order valence-electron chi connectivity index (χ1n) is 10.8. The fraction of sp³-hybridized carbons (Fsp3) is 0.333. The second-order valence-electron chi connectivity index (χ2n) is 7.62. The Morgan fingerprint density at radius 1 is 0.694 bits per heavy atom. The molecule has 0 bridgehead atoms. The second kappa shape index (κ2) is 13.7. The lowest BCUT2D eigenvalue weighted by Gasteiger charge is -2.27. The highest BCUT2D eigenvalue weighted by Gasteiger charge is 2.43. The summed E-state index contributed by atoms with van der Waals surface area (Å²) in [7, 11) is 0. The van der Waals surface area contributed by atoms with Crippen LogP contribution in [0.15, 0.2) is 48.5 Å². The number of carbonyl (C=O) groups excluding carboxylic acids is 2. The molecule has 12 heteroatoms. The Kier molecular flexibility index (Phi) is 10.7. The first kappa shape index (κ1) is 28.1. The maximum atomic E-state index is 12.4. The summed E-state index contributed by atoms with van der Waals surface area (Å²) in [5.74, 6) is -4.64.